The van der Waals surface area contributed by atoms with Gasteiger partial charge in [0, 0.05) is 27.7 Å². The zero-order valence-corrected chi connectivity index (χ0v) is 30.8. The minimum absolute atomic E-state index is 1.09. The summed E-state index contributed by atoms with van der Waals surface area (Å²) in [4.78, 5) is 2.43. The summed E-state index contributed by atoms with van der Waals surface area (Å²) in [5.41, 5.74) is 16.3. The Morgan fingerprint density at radius 2 is 0.839 bits per heavy atom. The van der Waals surface area contributed by atoms with Gasteiger partial charge in [0.25, 0.3) is 0 Å². The fourth-order valence-corrected chi connectivity index (χ4v) is 8.24. The van der Waals surface area contributed by atoms with Crippen LogP contribution >= 0.6 is 0 Å². The second-order valence-electron chi connectivity index (χ2n) is 14.1. The first-order chi connectivity index (χ1) is 27.8. The van der Waals surface area contributed by atoms with Crippen LogP contribution in [0, 0.1) is 0 Å². The van der Waals surface area contributed by atoms with E-state index in [4.69, 9.17) is 0 Å². The van der Waals surface area contributed by atoms with Gasteiger partial charge in [-0.2, -0.15) is 0 Å². The molecule has 0 N–H and O–H groups in total. The SMILES string of the molecule is c1ccc(-c2ccc(-n3c4ccccc4c4c(N(c5ccccc5)c5ccc(-c6ccccc6)c(-c6ccccc6)c5)cccc43)c(-c3ccccc3)c2)cc1. The summed E-state index contributed by atoms with van der Waals surface area (Å²) in [7, 11) is 0. The first-order valence-corrected chi connectivity index (χ1v) is 19.2. The van der Waals surface area contributed by atoms with Gasteiger partial charge in [-0.05, 0) is 93.5 Å². The van der Waals surface area contributed by atoms with Crippen LogP contribution in [0.5, 0.6) is 0 Å². The van der Waals surface area contributed by atoms with Gasteiger partial charge in [0.15, 0.2) is 0 Å². The molecule has 1 aromatic heterocycles. The van der Waals surface area contributed by atoms with E-state index < -0.39 is 0 Å². The second-order valence-corrected chi connectivity index (χ2v) is 14.1. The molecule has 264 valence electrons. The number of benzene rings is 9. The normalized spacial score (nSPS) is 11.2. The molecule has 0 unspecified atom stereocenters. The lowest BCUT2D eigenvalue weighted by molar-refractivity contribution is 1.18. The van der Waals surface area contributed by atoms with E-state index in [-0.39, 0.29) is 0 Å². The number of fused-ring (bicyclic) bond motifs is 3. The van der Waals surface area contributed by atoms with Gasteiger partial charge in [0.05, 0.1) is 22.4 Å². The zero-order chi connectivity index (χ0) is 37.3. The molecule has 0 fully saturated rings. The van der Waals surface area contributed by atoms with Crippen LogP contribution < -0.4 is 4.90 Å². The van der Waals surface area contributed by atoms with E-state index >= 15 is 0 Å². The van der Waals surface area contributed by atoms with Crippen molar-refractivity contribution in [1.82, 2.24) is 4.57 Å². The Morgan fingerprint density at radius 3 is 1.50 bits per heavy atom. The van der Waals surface area contributed by atoms with Gasteiger partial charge >= 0.3 is 0 Å². The first-order valence-electron chi connectivity index (χ1n) is 19.2. The van der Waals surface area contributed by atoms with Crippen molar-refractivity contribution in [2.24, 2.45) is 0 Å². The molecular formula is C54H38N2. The molecule has 10 rings (SSSR count). The van der Waals surface area contributed by atoms with Crippen LogP contribution in [0.4, 0.5) is 17.1 Å². The highest BCUT2D eigenvalue weighted by atomic mass is 15.1. The smallest absolute Gasteiger partial charge is 0.0562 e. The van der Waals surface area contributed by atoms with Gasteiger partial charge in [-0.25, -0.2) is 0 Å². The van der Waals surface area contributed by atoms with Crippen molar-refractivity contribution in [2.45, 2.75) is 0 Å². The Balaban J connectivity index is 1.24. The van der Waals surface area contributed by atoms with E-state index in [1.807, 2.05) is 0 Å². The number of para-hydroxylation sites is 2. The highest BCUT2D eigenvalue weighted by Gasteiger charge is 2.23. The van der Waals surface area contributed by atoms with Crippen LogP contribution in [0.15, 0.2) is 231 Å². The summed E-state index contributed by atoms with van der Waals surface area (Å²) in [5.74, 6) is 0. The largest absolute Gasteiger partial charge is 0.310 e. The molecule has 0 spiro atoms. The topological polar surface area (TPSA) is 8.17 Å². The number of rotatable bonds is 8. The standard InChI is InChI=1S/C54H38N2/c1-6-19-39(20-7-1)43-33-36-51(49(37-43)42-25-12-4-13-26-42)56-50-30-17-16-29-47(50)54-52(31-18-32-53(54)56)55(44-27-14-5-15-28-44)45-34-35-46(40-21-8-2-9-22-40)48(38-45)41-23-10-3-11-24-41/h1-38H. The van der Waals surface area contributed by atoms with Gasteiger partial charge in [0.2, 0.25) is 0 Å². The highest BCUT2D eigenvalue weighted by Crippen LogP contribution is 2.46. The lowest BCUT2D eigenvalue weighted by Crippen LogP contribution is -2.10. The number of aromatic nitrogens is 1. The van der Waals surface area contributed by atoms with Gasteiger partial charge in [0.1, 0.15) is 0 Å². The predicted molar refractivity (Wildman–Crippen MR) is 237 cm³/mol. The van der Waals surface area contributed by atoms with Gasteiger partial charge in [-0.15, -0.1) is 0 Å². The Morgan fingerprint density at radius 1 is 0.304 bits per heavy atom. The Bertz CT molecular complexity index is 2930. The third-order valence-electron chi connectivity index (χ3n) is 10.8. The van der Waals surface area contributed by atoms with Crippen LogP contribution in [-0.2, 0) is 0 Å². The fourth-order valence-electron chi connectivity index (χ4n) is 8.24. The van der Waals surface area contributed by atoms with E-state index in [0.717, 1.165) is 33.8 Å². The molecule has 0 amide bonds. The Hall–Kier alpha value is -7.42. The van der Waals surface area contributed by atoms with E-state index in [9.17, 15) is 0 Å². The van der Waals surface area contributed by atoms with E-state index in [1.54, 1.807) is 0 Å². The van der Waals surface area contributed by atoms with Crippen LogP contribution in [0.25, 0.3) is 72.0 Å². The summed E-state index contributed by atoms with van der Waals surface area (Å²) >= 11 is 0. The molecule has 2 heteroatoms. The molecule has 56 heavy (non-hydrogen) atoms. The van der Waals surface area contributed by atoms with Crippen LogP contribution in [0.2, 0.25) is 0 Å². The van der Waals surface area contributed by atoms with Gasteiger partial charge < -0.3 is 9.47 Å². The molecule has 9 aromatic carbocycles. The minimum atomic E-state index is 1.09. The van der Waals surface area contributed by atoms with Crippen molar-refractivity contribution >= 4 is 38.9 Å². The average Bonchev–Trinajstić information content (AvgIpc) is 3.63. The average molecular weight is 715 g/mol. The lowest BCUT2D eigenvalue weighted by Gasteiger charge is -2.28. The van der Waals surface area contributed by atoms with Crippen molar-refractivity contribution < 1.29 is 0 Å². The second kappa shape index (κ2) is 14.4. The van der Waals surface area contributed by atoms with Gasteiger partial charge in [-0.3, -0.25) is 0 Å². The van der Waals surface area contributed by atoms with Crippen LogP contribution in [0.3, 0.4) is 0 Å². The van der Waals surface area contributed by atoms with Crippen LogP contribution in [0.1, 0.15) is 0 Å². The Kier molecular flexibility index (Phi) is 8.55. The van der Waals surface area contributed by atoms with Gasteiger partial charge in [-0.1, -0.05) is 176 Å². The molecule has 0 bridgehead atoms. The molecule has 0 atom stereocenters. The summed E-state index contributed by atoms with van der Waals surface area (Å²) in [6, 6.07) is 83.1. The predicted octanol–water partition coefficient (Wildman–Crippen LogP) is 14.9. The number of anilines is 3. The van der Waals surface area contributed by atoms with Crippen molar-refractivity contribution in [3.63, 3.8) is 0 Å². The molecule has 0 aliphatic carbocycles. The van der Waals surface area contributed by atoms with E-state index in [0.29, 0.717) is 0 Å². The van der Waals surface area contributed by atoms with Crippen molar-refractivity contribution in [3.05, 3.63) is 231 Å². The zero-order valence-electron chi connectivity index (χ0n) is 30.8. The molecule has 2 nitrogen and oxygen atoms in total. The maximum absolute atomic E-state index is 2.46. The van der Waals surface area contributed by atoms with Crippen LogP contribution in [-0.4, -0.2) is 4.57 Å². The summed E-state index contributed by atoms with van der Waals surface area (Å²) in [6.45, 7) is 0. The fraction of sp³-hybridized carbons (Fsp3) is 0. The summed E-state index contributed by atoms with van der Waals surface area (Å²) < 4.78 is 2.46. The van der Waals surface area contributed by atoms with Crippen molar-refractivity contribution in [2.75, 3.05) is 4.90 Å². The highest BCUT2D eigenvalue weighted by molar-refractivity contribution is 6.17. The molecular weight excluding hydrogens is 677 g/mol. The molecule has 0 saturated carbocycles. The number of hydrogen-bond acceptors (Lipinski definition) is 1. The monoisotopic (exact) mass is 714 g/mol. The first kappa shape index (κ1) is 33.2. The quantitative estimate of drug-likeness (QED) is 0.152. The molecule has 0 aliphatic heterocycles. The third kappa shape index (κ3) is 5.95. The van der Waals surface area contributed by atoms with E-state index in [1.165, 1.54) is 55.3 Å². The third-order valence-corrected chi connectivity index (χ3v) is 10.8. The van der Waals surface area contributed by atoms with Crippen molar-refractivity contribution in [3.8, 4) is 50.2 Å². The van der Waals surface area contributed by atoms with E-state index in [2.05, 4.69) is 240 Å². The Labute approximate surface area is 327 Å². The molecule has 0 radical (unpaired) electrons. The molecule has 0 saturated heterocycles. The van der Waals surface area contributed by atoms with Crippen molar-refractivity contribution in [1.29, 1.82) is 0 Å². The molecule has 1 heterocycles. The number of nitrogens with zero attached hydrogens (tertiary/aromatic N) is 2. The summed E-state index contributed by atoms with van der Waals surface area (Å²) in [5, 5.41) is 2.40. The molecule has 10 aromatic rings. The summed E-state index contributed by atoms with van der Waals surface area (Å²) in [6.07, 6.45) is 0. The number of hydrogen-bond donors (Lipinski definition) is 0. The molecule has 0 aliphatic rings. The maximum atomic E-state index is 2.46. The lowest BCUT2D eigenvalue weighted by atomic mass is 9.93. The minimum Gasteiger partial charge on any atom is -0.310 e. The maximum Gasteiger partial charge on any atom is 0.0562 e.